The molecule has 0 saturated carbocycles. The fourth-order valence-electron chi connectivity index (χ4n) is 3.52. The molecule has 1 saturated heterocycles. The van der Waals surface area contributed by atoms with Crippen LogP contribution in [0.4, 0.5) is 10.1 Å². The van der Waals surface area contributed by atoms with Crippen molar-refractivity contribution in [1.82, 2.24) is 13.9 Å². The Bertz CT molecular complexity index is 1100. The van der Waals surface area contributed by atoms with Gasteiger partial charge in [-0.25, -0.2) is 4.39 Å². The molecule has 33 heavy (non-hydrogen) atoms. The molecule has 0 radical (unpaired) electrons. The summed E-state index contributed by atoms with van der Waals surface area (Å²) in [6.45, 7) is 1.43. The summed E-state index contributed by atoms with van der Waals surface area (Å²) in [7, 11) is 1.41. The Morgan fingerprint density at radius 3 is 2.76 bits per heavy atom. The van der Waals surface area contributed by atoms with Crippen LogP contribution >= 0.6 is 11.6 Å². The van der Waals surface area contributed by atoms with Crippen molar-refractivity contribution in [3.05, 3.63) is 58.9 Å². The summed E-state index contributed by atoms with van der Waals surface area (Å²) < 4.78 is 48.3. The van der Waals surface area contributed by atoms with Gasteiger partial charge in [0.1, 0.15) is 17.6 Å². The molecule has 0 bridgehead atoms. The summed E-state index contributed by atoms with van der Waals surface area (Å²) in [5, 5.41) is 2.48. The highest BCUT2D eigenvalue weighted by Gasteiger charge is 2.40. The lowest BCUT2D eigenvalue weighted by atomic mass is 9.99. The number of carbonyl (C=O) groups excluding carboxylic acids is 1. The van der Waals surface area contributed by atoms with E-state index in [0.717, 1.165) is 23.3 Å². The lowest BCUT2D eigenvalue weighted by molar-refractivity contribution is -0.120. The quantitative estimate of drug-likeness (QED) is 0.546. The average molecular weight is 499 g/mol. The molecule has 11 heteroatoms. The van der Waals surface area contributed by atoms with Gasteiger partial charge in [0.25, 0.3) is 10.2 Å². The third kappa shape index (κ3) is 6.64. The average Bonchev–Trinajstić information content (AvgIpc) is 2.75. The number of nitrogens with zero attached hydrogens (tertiary/aromatic N) is 2. The summed E-state index contributed by atoms with van der Waals surface area (Å²) in [6.07, 6.45) is 1.05. The molecule has 1 amide bonds. The first-order chi connectivity index (χ1) is 15.6. The largest absolute Gasteiger partial charge is 0.494 e. The Balaban J connectivity index is 1.74. The summed E-state index contributed by atoms with van der Waals surface area (Å²) in [4.78, 5) is 15.0. The van der Waals surface area contributed by atoms with E-state index >= 15 is 0 Å². The molecule has 2 aromatic carbocycles. The van der Waals surface area contributed by atoms with Gasteiger partial charge in [-0.2, -0.15) is 17.4 Å². The molecule has 2 atom stereocenters. The number of hydrogen-bond donors (Lipinski definition) is 2. The number of nitrogens with one attached hydrogen (secondary N) is 2. The summed E-state index contributed by atoms with van der Waals surface area (Å²) in [5.41, 5.74) is 0.972. The van der Waals surface area contributed by atoms with Crippen molar-refractivity contribution in [3.8, 4) is 5.75 Å². The molecule has 0 aliphatic carbocycles. The highest BCUT2D eigenvalue weighted by Crippen LogP contribution is 2.30. The number of benzene rings is 2. The predicted octanol–water partition coefficient (Wildman–Crippen LogP) is 3.03. The number of likely N-dealkylation sites (N-methyl/N-ethyl adjacent to an activating group) is 1. The van der Waals surface area contributed by atoms with E-state index in [1.165, 1.54) is 19.2 Å². The lowest BCUT2D eigenvalue weighted by Crippen LogP contribution is -2.55. The number of halogens is 2. The van der Waals surface area contributed by atoms with E-state index in [4.69, 9.17) is 16.3 Å². The van der Waals surface area contributed by atoms with Gasteiger partial charge in [0.15, 0.2) is 0 Å². The van der Waals surface area contributed by atoms with Crippen molar-refractivity contribution in [1.29, 1.82) is 0 Å². The van der Waals surface area contributed by atoms with E-state index in [1.807, 2.05) is 20.2 Å². The monoisotopic (exact) mass is 498 g/mol. The number of rotatable bonds is 8. The Hall–Kier alpha value is -2.24. The summed E-state index contributed by atoms with van der Waals surface area (Å²) in [5.74, 6) is -0.516. The van der Waals surface area contributed by atoms with Gasteiger partial charge in [0.05, 0.1) is 17.7 Å². The normalized spacial score (nSPS) is 20.5. The van der Waals surface area contributed by atoms with E-state index < -0.39 is 34.0 Å². The molecule has 180 valence electrons. The van der Waals surface area contributed by atoms with Crippen LogP contribution in [0, 0.1) is 5.82 Å². The van der Waals surface area contributed by atoms with Crippen LogP contribution in [-0.2, 0) is 15.0 Å². The van der Waals surface area contributed by atoms with E-state index in [2.05, 4.69) is 14.9 Å². The third-order valence-corrected chi connectivity index (χ3v) is 7.22. The second-order valence-electron chi connectivity index (χ2n) is 8.14. The predicted molar refractivity (Wildman–Crippen MR) is 126 cm³/mol. The highest BCUT2D eigenvalue weighted by atomic mass is 35.5. The first-order valence-corrected chi connectivity index (χ1v) is 12.3. The van der Waals surface area contributed by atoms with Gasteiger partial charge in [0, 0.05) is 19.3 Å². The second kappa shape index (κ2) is 10.8. The molecule has 2 N–H and O–H groups in total. The fourth-order valence-corrected chi connectivity index (χ4v) is 4.97. The number of anilines is 1. The molecular weight excluding hydrogens is 471 g/mol. The molecule has 8 nitrogen and oxygen atoms in total. The van der Waals surface area contributed by atoms with Crippen LogP contribution in [0.1, 0.15) is 24.4 Å². The number of hydrogen-bond acceptors (Lipinski definition) is 5. The van der Waals surface area contributed by atoms with Gasteiger partial charge in [0.2, 0.25) is 5.91 Å². The minimum atomic E-state index is -3.91. The topological polar surface area (TPSA) is 91.0 Å². The maximum absolute atomic E-state index is 13.4. The van der Waals surface area contributed by atoms with Crippen LogP contribution in [0.3, 0.4) is 0 Å². The van der Waals surface area contributed by atoms with Crippen LogP contribution < -0.4 is 14.8 Å². The van der Waals surface area contributed by atoms with Crippen molar-refractivity contribution in [2.75, 3.05) is 39.6 Å². The van der Waals surface area contributed by atoms with Crippen LogP contribution in [0.25, 0.3) is 0 Å². The molecule has 0 aromatic heterocycles. The first-order valence-electron chi connectivity index (χ1n) is 10.5. The van der Waals surface area contributed by atoms with Crippen molar-refractivity contribution < 1.29 is 22.3 Å². The number of ether oxygens (including phenoxy) is 1. The van der Waals surface area contributed by atoms with Crippen LogP contribution in [0.15, 0.2) is 42.5 Å². The van der Waals surface area contributed by atoms with Gasteiger partial charge in [-0.05, 0) is 62.8 Å². The van der Waals surface area contributed by atoms with Crippen LogP contribution in [0.5, 0.6) is 5.75 Å². The molecule has 0 spiro atoms. The molecule has 1 aliphatic rings. The van der Waals surface area contributed by atoms with E-state index in [-0.39, 0.29) is 17.1 Å². The Labute approximate surface area is 198 Å². The minimum Gasteiger partial charge on any atom is -0.494 e. The van der Waals surface area contributed by atoms with Gasteiger partial charge in [-0.15, -0.1) is 0 Å². The third-order valence-electron chi connectivity index (χ3n) is 5.34. The van der Waals surface area contributed by atoms with Crippen molar-refractivity contribution in [2.24, 2.45) is 0 Å². The molecule has 1 fully saturated rings. The van der Waals surface area contributed by atoms with Gasteiger partial charge >= 0.3 is 0 Å². The number of carbonyl (C=O) groups is 1. The van der Waals surface area contributed by atoms with Crippen molar-refractivity contribution >= 4 is 33.4 Å². The Morgan fingerprint density at radius 2 is 2.06 bits per heavy atom. The molecule has 2 aromatic rings. The molecule has 3 rings (SSSR count). The van der Waals surface area contributed by atoms with Crippen molar-refractivity contribution in [3.63, 3.8) is 0 Å². The molecular formula is C22H28ClFN4O4S. The van der Waals surface area contributed by atoms with E-state index in [1.54, 1.807) is 18.2 Å². The zero-order valence-corrected chi connectivity index (χ0v) is 20.3. The minimum absolute atomic E-state index is 0.139. The van der Waals surface area contributed by atoms with Crippen LogP contribution in [0.2, 0.25) is 5.02 Å². The zero-order chi connectivity index (χ0) is 24.2. The maximum atomic E-state index is 13.4. The standard InChI is InChI=1S/C22H28ClFN4O4S/c1-27(2)10-5-11-32-17-7-4-6-15(12-17)20-14-21(28(3)33(30,31)26-20)22(29)25-16-8-9-19(24)18(23)13-16/h4,6-9,12-13,20-21,26H,5,10-11,14H2,1-3H3,(H,25,29). The highest BCUT2D eigenvalue weighted by molar-refractivity contribution is 7.87. The Morgan fingerprint density at radius 1 is 1.30 bits per heavy atom. The number of amides is 1. The molecule has 1 heterocycles. The van der Waals surface area contributed by atoms with E-state index in [9.17, 15) is 17.6 Å². The Kier molecular flexibility index (Phi) is 8.30. The summed E-state index contributed by atoms with van der Waals surface area (Å²) in [6, 6.07) is 9.35. The van der Waals surface area contributed by atoms with Crippen molar-refractivity contribution in [2.45, 2.75) is 24.9 Å². The van der Waals surface area contributed by atoms with Gasteiger partial charge in [-0.3, -0.25) is 4.79 Å². The lowest BCUT2D eigenvalue weighted by Gasteiger charge is -2.36. The van der Waals surface area contributed by atoms with Crippen LogP contribution in [-0.4, -0.2) is 63.9 Å². The SMILES string of the molecule is CN(C)CCCOc1cccc(C2CC(C(=O)Nc3ccc(F)c(Cl)c3)N(C)S(=O)(=O)N2)c1. The second-order valence-corrected chi connectivity index (χ2v) is 10.3. The maximum Gasteiger partial charge on any atom is 0.280 e. The first kappa shape index (κ1) is 25.4. The summed E-state index contributed by atoms with van der Waals surface area (Å²) >= 11 is 5.78. The van der Waals surface area contributed by atoms with Gasteiger partial charge in [-0.1, -0.05) is 23.7 Å². The van der Waals surface area contributed by atoms with Gasteiger partial charge < -0.3 is 15.0 Å². The molecule has 1 aliphatic heterocycles. The zero-order valence-electron chi connectivity index (χ0n) is 18.7. The molecule has 2 unspecified atom stereocenters. The smallest absolute Gasteiger partial charge is 0.280 e. The van der Waals surface area contributed by atoms with E-state index in [0.29, 0.717) is 17.9 Å². The fraction of sp³-hybridized carbons (Fsp3) is 0.409.